The van der Waals surface area contributed by atoms with Crippen molar-refractivity contribution in [1.29, 1.82) is 0 Å². The van der Waals surface area contributed by atoms with Crippen molar-refractivity contribution in [3.8, 4) is 0 Å². The van der Waals surface area contributed by atoms with Crippen LogP contribution in [0.15, 0.2) is 54.6 Å². The summed E-state index contributed by atoms with van der Waals surface area (Å²) in [4.78, 5) is 11.4. The van der Waals surface area contributed by atoms with Gasteiger partial charge in [0.15, 0.2) is 0 Å². The van der Waals surface area contributed by atoms with Gasteiger partial charge in [0.05, 0.1) is 6.10 Å². The summed E-state index contributed by atoms with van der Waals surface area (Å²) < 4.78 is 0. The Bertz CT molecular complexity index is 608. The molecule has 28 heavy (non-hydrogen) atoms. The molecule has 1 fully saturated rings. The van der Waals surface area contributed by atoms with Gasteiger partial charge in [-0.3, -0.25) is 4.79 Å². The van der Waals surface area contributed by atoms with Gasteiger partial charge in [0, 0.05) is 18.9 Å². The number of aliphatic hydroxyl groups is 1. The van der Waals surface area contributed by atoms with Crippen molar-refractivity contribution < 1.29 is 9.90 Å². The molecule has 1 aromatic rings. The molecule has 0 spiro atoms. The molecule has 0 aliphatic heterocycles. The number of allylic oxidation sites excluding steroid dienone is 3. The van der Waals surface area contributed by atoms with E-state index in [4.69, 9.17) is 0 Å². The first-order valence-electron chi connectivity index (χ1n) is 11.0. The predicted octanol–water partition coefficient (Wildman–Crippen LogP) is 5.21. The van der Waals surface area contributed by atoms with Crippen molar-refractivity contribution >= 4 is 5.91 Å². The Balaban J connectivity index is 1.65. The van der Waals surface area contributed by atoms with Crippen LogP contribution < -0.4 is 5.32 Å². The lowest BCUT2D eigenvalue weighted by Crippen LogP contribution is -2.21. The summed E-state index contributed by atoms with van der Waals surface area (Å²) in [5.74, 6) is 0.976. The molecule has 154 valence electrons. The highest BCUT2D eigenvalue weighted by Gasteiger charge is 2.31. The van der Waals surface area contributed by atoms with Gasteiger partial charge in [0.1, 0.15) is 0 Å². The first-order chi connectivity index (χ1) is 13.7. The van der Waals surface area contributed by atoms with Crippen LogP contribution in [0.3, 0.4) is 0 Å². The summed E-state index contributed by atoms with van der Waals surface area (Å²) in [5.41, 5.74) is 1.40. The molecule has 2 N–H and O–H groups in total. The van der Waals surface area contributed by atoms with Gasteiger partial charge in [-0.05, 0) is 69.8 Å². The quantitative estimate of drug-likeness (QED) is 0.385. The van der Waals surface area contributed by atoms with Gasteiger partial charge in [0.25, 0.3) is 0 Å². The number of carbonyl (C=O) groups is 1. The highest BCUT2D eigenvalue weighted by Crippen LogP contribution is 2.36. The van der Waals surface area contributed by atoms with E-state index < -0.39 is 0 Å². The lowest BCUT2D eigenvalue weighted by molar-refractivity contribution is -0.121. The van der Waals surface area contributed by atoms with E-state index >= 15 is 0 Å². The Morgan fingerprint density at radius 3 is 2.68 bits per heavy atom. The van der Waals surface area contributed by atoms with E-state index in [0.717, 1.165) is 51.4 Å². The molecule has 1 aliphatic rings. The zero-order valence-electron chi connectivity index (χ0n) is 17.4. The van der Waals surface area contributed by atoms with Crippen LogP contribution in [-0.2, 0) is 11.2 Å². The third kappa shape index (κ3) is 8.43. The topological polar surface area (TPSA) is 49.3 Å². The van der Waals surface area contributed by atoms with Crippen LogP contribution in [0.5, 0.6) is 0 Å². The number of carbonyl (C=O) groups excluding carboxylic acids is 1. The van der Waals surface area contributed by atoms with Gasteiger partial charge >= 0.3 is 0 Å². The number of aliphatic hydroxyl groups excluding tert-OH is 1. The van der Waals surface area contributed by atoms with Gasteiger partial charge in [-0.2, -0.15) is 0 Å². The average Bonchev–Trinajstić information content (AvgIpc) is 3.05. The molecule has 3 atom stereocenters. The van der Waals surface area contributed by atoms with Crippen molar-refractivity contribution in [3.05, 3.63) is 60.2 Å². The highest BCUT2D eigenvalue weighted by atomic mass is 16.3. The lowest BCUT2D eigenvalue weighted by atomic mass is 9.90. The van der Waals surface area contributed by atoms with Gasteiger partial charge < -0.3 is 10.4 Å². The zero-order chi connectivity index (χ0) is 20.0. The lowest BCUT2D eigenvalue weighted by Gasteiger charge is -2.17. The number of hydrogen-bond donors (Lipinski definition) is 2. The van der Waals surface area contributed by atoms with Crippen LogP contribution in [0.2, 0.25) is 0 Å². The molecule has 1 aliphatic carbocycles. The van der Waals surface area contributed by atoms with Crippen molar-refractivity contribution in [1.82, 2.24) is 5.32 Å². The van der Waals surface area contributed by atoms with Crippen LogP contribution in [0.4, 0.5) is 0 Å². The molecular weight excluding hydrogens is 346 g/mol. The minimum absolute atomic E-state index is 0.146. The fraction of sp³-hybridized carbons (Fsp3) is 0.560. The van der Waals surface area contributed by atoms with Gasteiger partial charge in [-0.1, -0.05) is 54.6 Å². The molecule has 0 heterocycles. The molecule has 3 heteroatoms. The van der Waals surface area contributed by atoms with Crippen LogP contribution in [-0.4, -0.2) is 23.7 Å². The van der Waals surface area contributed by atoms with E-state index in [1.54, 1.807) is 0 Å². The molecule has 1 aromatic carbocycles. The molecule has 2 rings (SSSR count). The largest absolute Gasteiger partial charge is 0.393 e. The first kappa shape index (κ1) is 22.4. The Morgan fingerprint density at radius 2 is 1.89 bits per heavy atom. The molecule has 1 saturated carbocycles. The van der Waals surface area contributed by atoms with E-state index in [0.29, 0.717) is 18.9 Å². The maximum Gasteiger partial charge on any atom is 0.219 e. The van der Waals surface area contributed by atoms with Crippen LogP contribution in [0, 0.1) is 11.8 Å². The fourth-order valence-electron chi connectivity index (χ4n) is 4.02. The SMILES string of the molecule is CCNC(=O)CCC/C=C\C[C@H]1CC[C@@H](O)[C@@H]1/C=C/CCCc1ccccc1. The van der Waals surface area contributed by atoms with Crippen molar-refractivity contribution in [2.75, 3.05) is 6.54 Å². The Labute approximate surface area is 170 Å². The van der Waals surface area contributed by atoms with E-state index in [-0.39, 0.29) is 17.9 Å². The second kappa shape index (κ2) is 13.3. The molecule has 1 amide bonds. The van der Waals surface area contributed by atoms with Crippen molar-refractivity contribution in [3.63, 3.8) is 0 Å². The maximum atomic E-state index is 11.4. The second-order valence-electron chi connectivity index (χ2n) is 7.84. The Hall–Kier alpha value is -1.87. The molecule has 3 nitrogen and oxygen atoms in total. The average molecular weight is 384 g/mol. The normalized spacial score (nSPS) is 22.3. The summed E-state index contributed by atoms with van der Waals surface area (Å²) in [7, 11) is 0. The minimum atomic E-state index is -0.193. The zero-order valence-corrected chi connectivity index (χ0v) is 17.4. The molecule has 0 saturated heterocycles. The van der Waals surface area contributed by atoms with Crippen LogP contribution in [0.25, 0.3) is 0 Å². The molecule has 0 unspecified atom stereocenters. The van der Waals surface area contributed by atoms with E-state index in [1.165, 1.54) is 5.56 Å². The summed E-state index contributed by atoms with van der Waals surface area (Å²) in [6.45, 7) is 2.65. The first-order valence-corrected chi connectivity index (χ1v) is 11.0. The number of amides is 1. The summed E-state index contributed by atoms with van der Waals surface area (Å²) in [6.07, 6.45) is 17.6. The monoisotopic (exact) mass is 383 g/mol. The van der Waals surface area contributed by atoms with Gasteiger partial charge in [-0.15, -0.1) is 0 Å². The standard InChI is InChI=1S/C25H37NO2/c1-2-26-25(28)18-12-4-3-10-16-22-19-20-24(27)23(22)17-11-6-9-15-21-13-7-5-8-14-21/h3,5,7-8,10-11,13-14,17,22-24,27H,2,4,6,9,12,15-16,18-20H2,1H3,(H,26,28)/b10-3-,17-11+/t22-,23+,24+/m0/s1. The number of aryl methyl sites for hydroxylation is 1. The van der Waals surface area contributed by atoms with Crippen molar-refractivity contribution in [2.24, 2.45) is 11.8 Å². The van der Waals surface area contributed by atoms with E-state index in [2.05, 4.69) is 60.0 Å². The second-order valence-corrected chi connectivity index (χ2v) is 7.84. The predicted molar refractivity (Wildman–Crippen MR) is 117 cm³/mol. The van der Waals surface area contributed by atoms with Crippen LogP contribution in [0.1, 0.15) is 63.9 Å². The third-order valence-corrected chi connectivity index (χ3v) is 5.61. The van der Waals surface area contributed by atoms with Gasteiger partial charge in [-0.25, -0.2) is 0 Å². The number of rotatable bonds is 12. The summed E-state index contributed by atoms with van der Waals surface area (Å²) in [6, 6.07) is 10.6. The Kier molecular flexibility index (Phi) is 10.7. The smallest absolute Gasteiger partial charge is 0.219 e. The number of unbranched alkanes of at least 4 members (excludes halogenated alkanes) is 2. The van der Waals surface area contributed by atoms with E-state index in [1.807, 2.05) is 6.92 Å². The summed E-state index contributed by atoms with van der Waals surface area (Å²) in [5, 5.41) is 13.2. The number of hydrogen-bond acceptors (Lipinski definition) is 2. The maximum absolute atomic E-state index is 11.4. The third-order valence-electron chi connectivity index (χ3n) is 5.61. The van der Waals surface area contributed by atoms with E-state index in [9.17, 15) is 9.90 Å². The number of nitrogens with one attached hydrogen (secondary N) is 1. The Morgan fingerprint density at radius 1 is 1.11 bits per heavy atom. The van der Waals surface area contributed by atoms with Crippen LogP contribution >= 0.6 is 0 Å². The minimum Gasteiger partial charge on any atom is -0.393 e. The molecule has 0 bridgehead atoms. The molecule has 0 radical (unpaired) electrons. The highest BCUT2D eigenvalue weighted by molar-refractivity contribution is 5.75. The number of benzene rings is 1. The molecular formula is C25H37NO2. The van der Waals surface area contributed by atoms with Crippen molar-refractivity contribution in [2.45, 2.75) is 70.8 Å². The fourth-order valence-corrected chi connectivity index (χ4v) is 4.02. The van der Waals surface area contributed by atoms with Gasteiger partial charge in [0.2, 0.25) is 5.91 Å². The molecule has 0 aromatic heterocycles. The summed E-state index contributed by atoms with van der Waals surface area (Å²) >= 11 is 0.